The SMILES string of the molecule is CCOC(=O)c1ccccc1-c1ccc(CSc2nc(C)cc(=O)[nH]2)cc1. The Kier molecular flexibility index (Phi) is 6.08. The van der Waals surface area contributed by atoms with E-state index in [1.165, 1.54) is 17.8 Å². The van der Waals surface area contributed by atoms with Crippen LogP contribution in [0, 0.1) is 6.92 Å². The van der Waals surface area contributed by atoms with Gasteiger partial charge in [0.2, 0.25) is 0 Å². The van der Waals surface area contributed by atoms with Crippen molar-refractivity contribution in [2.24, 2.45) is 0 Å². The number of esters is 1. The van der Waals surface area contributed by atoms with Crippen molar-refractivity contribution in [1.82, 2.24) is 9.97 Å². The number of nitrogens with one attached hydrogen (secondary N) is 1. The van der Waals surface area contributed by atoms with E-state index < -0.39 is 0 Å². The predicted octanol–water partition coefficient (Wildman–Crippen LogP) is 4.21. The quantitative estimate of drug-likeness (QED) is 0.394. The Morgan fingerprint density at radius 1 is 1.15 bits per heavy atom. The van der Waals surface area contributed by atoms with E-state index in [1.54, 1.807) is 19.9 Å². The maximum absolute atomic E-state index is 12.2. The summed E-state index contributed by atoms with van der Waals surface area (Å²) in [6.07, 6.45) is 0. The Morgan fingerprint density at radius 2 is 1.89 bits per heavy atom. The van der Waals surface area contributed by atoms with Crippen LogP contribution >= 0.6 is 11.8 Å². The van der Waals surface area contributed by atoms with Crippen molar-refractivity contribution in [1.29, 1.82) is 0 Å². The van der Waals surface area contributed by atoms with Gasteiger partial charge < -0.3 is 9.72 Å². The first-order valence-electron chi connectivity index (χ1n) is 8.63. The van der Waals surface area contributed by atoms with Crippen molar-refractivity contribution in [3.05, 3.63) is 81.8 Å². The first kappa shape index (κ1) is 18.9. The monoisotopic (exact) mass is 380 g/mol. The van der Waals surface area contributed by atoms with Crippen LogP contribution in [-0.2, 0) is 10.5 Å². The van der Waals surface area contributed by atoms with Crippen LogP contribution < -0.4 is 5.56 Å². The largest absolute Gasteiger partial charge is 0.462 e. The molecule has 0 spiro atoms. The van der Waals surface area contributed by atoms with Crippen molar-refractivity contribution in [3.63, 3.8) is 0 Å². The smallest absolute Gasteiger partial charge is 0.338 e. The average molecular weight is 380 g/mol. The highest BCUT2D eigenvalue weighted by atomic mass is 32.2. The zero-order chi connectivity index (χ0) is 19.2. The summed E-state index contributed by atoms with van der Waals surface area (Å²) in [4.78, 5) is 30.7. The Hall–Kier alpha value is -2.86. The number of aryl methyl sites for hydroxylation is 1. The second-order valence-corrected chi connectivity index (χ2v) is 6.91. The minimum Gasteiger partial charge on any atom is -0.462 e. The van der Waals surface area contributed by atoms with Crippen LogP contribution in [0.2, 0.25) is 0 Å². The van der Waals surface area contributed by atoms with Gasteiger partial charge in [-0.1, -0.05) is 54.2 Å². The van der Waals surface area contributed by atoms with Crippen LogP contribution in [0.15, 0.2) is 64.5 Å². The molecule has 0 unspecified atom stereocenters. The summed E-state index contributed by atoms with van der Waals surface area (Å²) in [5, 5.41) is 0.608. The molecule has 0 aliphatic heterocycles. The summed E-state index contributed by atoms with van der Waals surface area (Å²) in [6.45, 7) is 3.94. The van der Waals surface area contributed by atoms with Gasteiger partial charge in [-0.3, -0.25) is 4.79 Å². The van der Waals surface area contributed by atoms with E-state index in [4.69, 9.17) is 4.74 Å². The highest BCUT2D eigenvalue weighted by Crippen LogP contribution is 2.26. The number of carbonyl (C=O) groups excluding carboxylic acids is 1. The zero-order valence-corrected chi connectivity index (χ0v) is 16.0. The first-order valence-corrected chi connectivity index (χ1v) is 9.61. The van der Waals surface area contributed by atoms with Gasteiger partial charge in [-0.05, 0) is 36.6 Å². The Bertz CT molecular complexity index is 997. The molecule has 0 fully saturated rings. The van der Waals surface area contributed by atoms with Gasteiger partial charge in [0.05, 0.1) is 12.2 Å². The van der Waals surface area contributed by atoms with E-state index in [0.29, 0.717) is 28.8 Å². The third kappa shape index (κ3) is 4.86. The van der Waals surface area contributed by atoms with Gasteiger partial charge >= 0.3 is 5.97 Å². The second-order valence-electron chi connectivity index (χ2n) is 5.94. The lowest BCUT2D eigenvalue weighted by Crippen LogP contribution is -2.08. The van der Waals surface area contributed by atoms with Crippen LogP contribution in [0.3, 0.4) is 0 Å². The van der Waals surface area contributed by atoms with Gasteiger partial charge in [-0.15, -0.1) is 0 Å². The Balaban J connectivity index is 1.76. The molecule has 0 amide bonds. The second kappa shape index (κ2) is 8.68. The van der Waals surface area contributed by atoms with Crippen molar-refractivity contribution in [3.8, 4) is 11.1 Å². The third-order valence-corrected chi connectivity index (χ3v) is 4.86. The molecule has 0 atom stereocenters. The Labute approximate surface area is 161 Å². The van der Waals surface area contributed by atoms with Gasteiger partial charge in [0.1, 0.15) is 0 Å². The van der Waals surface area contributed by atoms with Crippen LogP contribution in [0.1, 0.15) is 28.5 Å². The molecule has 0 bridgehead atoms. The molecule has 0 aliphatic rings. The maximum Gasteiger partial charge on any atom is 0.338 e. The summed E-state index contributed by atoms with van der Waals surface area (Å²) in [5.41, 5.74) is 4.02. The number of nitrogens with zero attached hydrogens (tertiary/aromatic N) is 1. The minimum atomic E-state index is -0.317. The molecule has 0 radical (unpaired) electrons. The number of rotatable bonds is 6. The molecule has 138 valence electrons. The number of thioether (sulfide) groups is 1. The summed E-state index contributed by atoms with van der Waals surface area (Å²) in [6, 6.07) is 16.9. The Morgan fingerprint density at radius 3 is 2.59 bits per heavy atom. The summed E-state index contributed by atoms with van der Waals surface area (Å²) in [7, 11) is 0. The fraction of sp³-hybridized carbons (Fsp3) is 0.190. The molecule has 0 saturated carbocycles. The van der Waals surface area contributed by atoms with Crippen molar-refractivity contribution in [2.45, 2.75) is 24.8 Å². The molecule has 1 heterocycles. The van der Waals surface area contributed by atoms with Crippen LogP contribution in [0.25, 0.3) is 11.1 Å². The molecule has 5 nitrogen and oxygen atoms in total. The van der Waals surface area contributed by atoms with E-state index >= 15 is 0 Å². The van der Waals surface area contributed by atoms with Gasteiger partial charge in [0, 0.05) is 17.5 Å². The van der Waals surface area contributed by atoms with Crippen LogP contribution in [0.5, 0.6) is 0 Å². The lowest BCUT2D eigenvalue weighted by atomic mass is 9.99. The summed E-state index contributed by atoms with van der Waals surface area (Å²) < 4.78 is 5.14. The standard InChI is InChI=1S/C21H20N2O3S/c1-3-26-20(25)18-7-5-4-6-17(18)16-10-8-15(9-11-16)13-27-21-22-14(2)12-19(24)23-21/h4-12H,3,13H2,1-2H3,(H,22,23,24). The molecule has 6 heteroatoms. The summed E-state index contributed by atoms with van der Waals surface area (Å²) >= 11 is 1.48. The number of aromatic nitrogens is 2. The number of carbonyl (C=O) groups is 1. The van der Waals surface area contributed by atoms with E-state index in [9.17, 15) is 9.59 Å². The lowest BCUT2D eigenvalue weighted by molar-refractivity contribution is 0.0527. The van der Waals surface area contributed by atoms with Gasteiger partial charge in [0.25, 0.3) is 5.56 Å². The first-order chi connectivity index (χ1) is 13.1. The maximum atomic E-state index is 12.2. The third-order valence-electron chi connectivity index (χ3n) is 3.91. The molecular formula is C21H20N2O3S. The zero-order valence-electron chi connectivity index (χ0n) is 15.2. The van der Waals surface area contributed by atoms with Gasteiger partial charge in [-0.2, -0.15) is 0 Å². The molecule has 0 aliphatic carbocycles. The number of hydrogen-bond donors (Lipinski definition) is 1. The number of hydrogen-bond acceptors (Lipinski definition) is 5. The van der Waals surface area contributed by atoms with E-state index in [2.05, 4.69) is 9.97 Å². The van der Waals surface area contributed by atoms with Crippen molar-refractivity contribution >= 4 is 17.7 Å². The number of ether oxygens (including phenoxy) is 1. The van der Waals surface area contributed by atoms with Gasteiger partial charge in [0.15, 0.2) is 5.16 Å². The predicted molar refractivity (Wildman–Crippen MR) is 107 cm³/mol. The molecule has 3 aromatic rings. The topological polar surface area (TPSA) is 72.0 Å². The average Bonchev–Trinajstić information content (AvgIpc) is 2.66. The molecule has 3 rings (SSSR count). The molecule has 0 saturated heterocycles. The highest BCUT2D eigenvalue weighted by molar-refractivity contribution is 7.98. The molecular weight excluding hydrogens is 360 g/mol. The van der Waals surface area contributed by atoms with Crippen molar-refractivity contribution in [2.75, 3.05) is 6.61 Å². The normalized spacial score (nSPS) is 10.6. The summed E-state index contributed by atoms with van der Waals surface area (Å²) in [5.74, 6) is 0.369. The molecule has 1 N–H and O–H groups in total. The van der Waals surface area contributed by atoms with E-state index in [1.807, 2.05) is 42.5 Å². The number of H-pyrrole nitrogens is 1. The number of aromatic amines is 1. The van der Waals surface area contributed by atoms with Gasteiger partial charge in [-0.25, -0.2) is 9.78 Å². The van der Waals surface area contributed by atoms with Crippen LogP contribution in [-0.4, -0.2) is 22.5 Å². The van der Waals surface area contributed by atoms with E-state index in [-0.39, 0.29) is 11.5 Å². The fourth-order valence-electron chi connectivity index (χ4n) is 2.67. The molecule has 2 aromatic carbocycles. The van der Waals surface area contributed by atoms with E-state index in [0.717, 1.165) is 16.7 Å². The molecule has 1 aromatic heterocycles. The minimum absolute atomic E-state index is 0.143. The number of benzene rings is 2. The lowest BCUT2D eigenvalue weighted by Gasteiger charge is -2.10. The highest BCUT2D eigenvalue weighted by Gasteiger charge is 2.13. The fourth-order valence-corrected chi connectivity index (χ4v) is 3.55. The molecule has 27 heavy (non-hydrogen) atoms. The van der Waals surface area contributed by atoms with Crippen molar-refractivity contribution < 1.29 is 9.53 Å². The van der Waals surface area contributed by atoms with Crippen LogP contribution in [0.4, 0.5) is 0 Å².